The van der Waals surface area contributed by atoms with Gasteiger partial charge in [0.15, 0.2) is 0 Å². The van der Waals surface area contributed by atoms with E-state index in [-0.39, 0.29) is 5.82 Å². The van der Waals surface area contributed by atoms with Gasteiger partial charge in [-0.25, -0.2) is 4.39 Å². The van der Waals surface area contributed by atoms with E-state index < -0.39 is 0 Å². The monoisotopic (exact) mass is 303 g/mol. The normalized spacial score (nSPS) is 17.2. The fourth-order valence-corrected chi connectivity index (χ4v) is 3.95. The van der Waals surface area contributed by atoms with Crippen LogP contribution in [0.2, 0.25) is 0 Å². The number of rotatable bonds is 5. The van der Waals surface area contributed by atoms with Crippen molar-refractivity contribution in [2.24, 2.45) is 5.92 Å². The molecule has 3 heteroatoms. The molecule has 1 N–H and O–H groups in total. The fraction of sp³-hybridized carbons (Fsp3) is 0.444. The first-order valence-electron chi connectivity index (χ1n) is 7.80. The average Bonchev–Trinajstić information content (AvgIpc) is 3.19. The first-order chi connectivity index (χ1) is 10.2. The molecule has 0 saturated heterocycles. The molecular formula is C18H22FNS. The highest BCUT2D eigenvalue weighted by Crippen LogP contribution is 2.29. The number of hydrogen-bond acceptors (Lipinski definition) is 2. The number of nitrogens with one attached hydrogen (secondary N) is 1. The molecule has 21 heavy (non-hydrogen) atoms. The predicted molar refractivity (Wildman–Crippen MR) is 88.0 cm³/mol. The van der Waals surface area contributed by atoms with E-state index in [1.807, 2.05) is 29.6 Å². The highest BCUT2D eigenvalue weighted by atomic mass is 32.1. The van der Waals surface area contributed by atoms with E-state index in [9.17, 15) is 4.39 Å². The molecule has 3 rings (SSSR count). The van der Waals surface area contributed by atoms with Crippen molar-refractivity contribution in [2.75, 3.05) is 0 Å². The third kappa shape index (κ3) is 3.53. The van der Waals surface area contributed by atoms with Crippen molar-refractivity contribution >= 4 is 11.3 Å². The van der Waals surface area contributed by atoms with Gasteiger partial charge in [-0.3, -0.25) is 0 Å². The minimum Gasteiger partial charge on any atom is -0.310 e. The lowest BCUT2D eigenvalue weighted by molar-refractivity contribution is 0.380. The van der Waals surface area contributed by atoms with Crippen LogP contribution < -0.4 is 5.32 Å². The van der Waals surface area contributed by atoms with E-state index in [0.29, 0.717) is 6.04 Å². The summed E-state index contributed by atoms with van der Waals surface area (Å²) in [6.45, 7) is 3.09. The minimum absolute atomic E-state index is 0.134. The lowest BCUT2D eigenvalue weighted by atomic mass is 9.99. The molecule has 0 radical (unpaired) electrons. The second-order valence-electron chi connectivity index (χ2n) is 6.01. The lowest BCUT2D eigenvalue weighted by Crippen LogP contribution is -2.31. The van der Waals surface area contributed by atoms with E-state index in [4.69, 9.17) is 0 Å². The molecule has 1 aromatic heterocycles. The molecule has 112 valence electrons. The van der Waals surface area contributed by atoms with Crippen molar-refractivity contribution < 1.29 is 4.39 Å². The van der Waals surface area contributed by atoms with Crippen LogP contribution in [0.3, 0.4) is 0 Å². The Labute approximate surface area is 130 Å². The van der Waals surface area contributed by atoms with Crippen molar-refractivity contribution in [1.29, 1.82) is 0 Å². The summed E-state index contributed by atoms with van der Waals surface area (Å²) < 4.78 is 14.0. The highest BCUT2D eigenvalue weighted by Gasteiger charge is 2.20. The molecule has 0 spiro atoms. The Bertz CT molecular complexity index is 573. The predicted octanol–water partition coefficient (Wildman–Crippen LogP) is 5.22. The van der Waals surface area contributed by atoms with Gasteiger partial charge in [0.25, 0.3) is 0 Å². The second kappa shape index (κ2) is 6.71. The highest BCUT2D eigenvalue weighted by molar-refractivity contribution is 7.13. The standard InChI is InChI=1S/C18H22FNS/c1-13(15-5-2-3-6-15)20-12-14-8-9-17(19)16(11-14)18-7-4-10-21-18/h4,7-11,13,15,20H,2-3,5-6,12H2,1H3. The molecule has 0 amide bonds. The third-order valence-corrected chi connectivity index (χ3v) is 5.46. The molecule has 1 nitrogen and oxygen atoms in total. The molecule has 1 heterocycles. The third-order valence-electron chi connectivity index (χ3n) is 4.55. The van der Waals surface area contributed by atoms with Gasteiger partial charge in [0.1, 0.15) is 5.82 Å². The van der Waals surface area contributed by atoms with Crippen molar-refractivity contribution in [2.45, 2.75) is 45.2 Å². The number of hydrogen-bond donors (Lipinski definition) is 1. The molecule has 1 aliphatic rings. The SMILES string of the molecule is CC(NCc1ccc(F)c(-c2cccs2)c1)C1CCCC1. The summed E-state index contributed by atoms with van der Waals surface area (Å²) in [7, 11) is 0. The maximum Gasteiger partial charge on any atom is 0.131 e. The molecule has 2 aromatic rings. The molecule has 0 bridgehead atoms. The zero-order valence-electron chi connectivity index (χ0n) is 12.4. The Balaban J connectivity index is 1.67. The number of benzene rings is 1. The summed E-state index contributed by atoms with van der Waals surface area (Å²) >= 11 is 1.58. The largest absolute Gasteiger partial charge is 0.310 e. The first-order valence-corrected chi connectivity index (χ1v) is 8.67. The Morgan fingerprint density at radius 1 is 1.29 bits per heavy atom. The van der Waals surface area contributed by atoms with Gasteiger partial charge in [-0.2, -0.15) is 0 Å². The number of halogens is 1. The van der Waals surface area contributed by atoms with Crippen molar-refractivity contribution in [3.8, 4) is 10.4 Å². The molecule has 1 aliphatic carbocycles. The molecular weight excluding hydrogens is 281 g/mol. The van der Waals surface area contributed by atoms with Crippen LogP contribution in [0.15, 0.2) is 35.7 Å². The van der Waals surface area contributed by atoms with Crippen LogP contribution in [-0.2, 0) is 6.54 Å². The van der Waals surface area contributed by atoms with Crippen LogP contribution in [0, 0.1) is 11.7 Å². The molecule has 1 unspecified atom stereocenters. The van der Waals surface area contributed by atoms with E-state index in [2.05, 4.69) is 12.2 Å². The summed E-state index contributed by atoms with van der Waals surface area (Å²) in [5.74, 6) is 0.673. The minimum atomic E-state index is -0.134. The summed E-state index contributed by atoms with van der Waals surface area (Å²) in [4.78, 5) is 0.998. The Kier molecular flexibility index (Phi) is 4.71. The van der Waals surface area contributed by atoms with E-state index in [1.54, 1.807) is 17.4 Å². The zero-order chi connectivity index (χ0) is 14.7. The molecule has 1 saturated carbocycles. The first kappa shape index (κ1) is 14.7. The smallest absolute Gasteiger partial charge is 0.131 e. The molecule has 1 atom stereocenters. The topological polar surface area (TPSA) is 12.0 Å². The van der Waals surface area contributed by atoms with Gasteiger partial charge in [-0.05, 0) is 54.8 Å². The van der Waals surface area contributed by atoms with Crippen LogP contribution in [-0.4, -0.2) is 6.04 Å². The summed E-state index contributed by atoms with van der Waals surface area (Å²) in [5.41, 5.74) is 1.88. The Hall–Kier alpha value is -1.19. The van der Waals surface area contributed by atoms with Gasteiger partial charge >= 0.3 is 0 Å². The Morgan fingerprint density at radius 2 is 2.10 bits per heavy atom. The van der Waals surface area contributed by atoms with Crippen LogP contribution in [0.25, 0.3) is 10.4 Å². The zero-order valence-corrected chi connectivity index (χ0v) is 13.3. The summed E-state index contributed by atoms with van der Waals surface area (Å²) in [5, 5.41) is 5.60. The van der Waals surface area contributed by atoms with Gasteiger partial charge in [0.2, 0.25) is 0 Å². The van der Waals surface area contributed by atoms with Crippen LogP contribution in [0.4, 0.5) is 4.39 Å². The van der Waals surface area contributed by atoms with Crippen molar-refractivity contribution in [3.05, 3.63) is 47.1 Å². The van der Waals surface area contributed by atoms with Gasteiger partial charge in [-0.1, -0.05) is 25.0 Å². The van der Waals surface area contributed by atoms with Gasteiger partial charge < -0.3 is 5.32 Å². The van der Waals surface area contributed by atoms with Gasteiger partial charge in [0.05, 0.1) is 0 Å². The van der Waals surface area contributed by atoms with Crippen molar-refractivity contribution in [1.82, 2.24) is 5.32 Å². The average molecular weight is 303 g/mol. The van der Waals surface area contributed by atoms with Crippen LogP contribution >= 0.6 is 11.3 Å². The van der Waals surface area contributed by atoms with E-state index in [1.165, 1.54) is 25.7 Å². The summed E-state index contributed by atoms with van der Waals surface area (Å²) in [6.07, 6.45) is 5.43. The van der Waals surface area contributed by atoms with Gasteiger partial charge in [0, 0.05) is 23.0 Å². The molecule has 1 aromatic carbocycles. The second-order valence-corrected chi connectivity index (χ2v) is 6.95. The fourth-order valence-electron chi connectivity index (χ4n) is 3.21. The van der Waals surface area contributed by atoms with Crippen LogP contribution in [0.5, 0.6) is 0 Å². The number of thiophene rings is 1. The van der Waals surface area contributed by atoms with Gasteiger partial charge in [-0.15, -0.1) is 11.3 Å². The summed E-state index contributed by atoms with van der Waals surface area (Å²) in [6, 6.07) is 9.94. The molecule has 0 aliphatic heterocycles. The molecule has 1 fully saturated rings. The lowest BCUT2D eigenvalue weighted by Gasteiger charge is -2.20. The van der Waals surface area contributed by atoms with Crippen molar-refractivity contribution in [3.63, 3.8) is 0 Å². The van der Waals surface area contributed by atoms with E-state index >= 15 is 0 Å². The Morgan fingerprint density at radius 3 is 2.81 bits per heavy atom. The van der Waals surface area contributed by atoms with Crippen LogP contribution in [0.1, 0.15) is 38.2 Å². The maximum atomic E-state index is 14.0. The maximum absolute atomic E-state index is 14.0. The van der Waals surface area contributed by atoms with E-state index in [0.717, 1.165) is 28.5 Å². The quantitative estimate of drug-likeness (QED) is 0.798.